The van der Waals surface area contributed by atoms with E-state index in [1.807, 2.05) is 19.1 Å². The third kappa shape index (κ3) is 7.91. The minimum absolute atomic E-state index is 0. The first-order chi connectivity index (χ1) is 11.2. The Morgan fingerprint density at radius 1 is 1.16 bits per heavy atom. The Labute approximate surface area is 169 Å². The monoisotopic (exact) mass is 482 g/mol. The molecule has 0 saturated heterocycles. The van der Waals surface area contributed by atoms with Crippen LogP contribution in [0.5, 0.6) is 0 Å². The van der Waals surface area contributed by atoms with E-state index in [0.29, 0.717) is 23.3 Å². The van der Waals surface area contributed by atoms with Crippen molar-refractivity contribution in [1.29, 1.82) is 0 Å². The molecule has 0 bridgehead atoms. The number of sulfonamides is 1. The molecule has 0 saturated carbocycles. The third-order valence-corrected chi connectivity index (χ3v) is 5.53. The summed E-state index contributed by atoms with van der Waals surface area (Å²) >= 11 is 0. The van der Waals surface area contributed by atoms with E-state index in [1.165, 1.54) is 0 Å². The summed E-state index contributed by atoms with van der Waals surface area (Å²) in [6.07, 6.45) is 0. The zero-order valence-electron chi connectivity index (χ0n) is 15.9. The van der Waals surface area contributed by atoms with Crippen molar-refractivity contribution in [2.24, 2.45) is 10.9 Å². The zero-order chi connectivity index (χ0) is 18.3. The molecule has 0 amide bonds. The van der Waals surface area contributed by atoms with Crippen molar-refractivity contribution in [2.75, 3.05) is 20.1 Å². The fourth-order valence-electron chi connectivity index (χ4n) is 2.02. The summed E-state index contributed by atoms with van der Waals surface area (Å²) in [5.41, 5.74) is 1.66. The molecule has 0 aliphatic rings. The molecular weight excluding hydrogens is 451 g/mol. The Balaban J connectivity index is 0.00000576. The van der Waals surface area contributed by atoms with Crippen LogP contribution in [0.1, 0.15) is 31.9 Å². The van der Waals surface area contributed by atoms with Crippen LogP contribution >= 0.6 is 24.0 Å². The van der Waals surface area contributed by atoms with Gasteiger partial charge in [0, 0.05) is 26.2 Å². The lowest BCUT2D eigenvalue weighted by atomic mass is 10.1. The molecule has 8 heteroatoms. The van der Waals surface area contributed by atoms with E-state index in [9.17, 15) is 8.42 Å². The van der Waals surface area contributed by atoms with E-state index in [4.69, 9.17) is 0 Å². The van der Waals surface area contributed by atoms with Crippen molar-refractivity contribution in [3.8, 4) is 0 Å². The van der Waals surface area contributed by atoms with E-state index in [1.54, 1.807) is 20.0 Å². The van der Waals surface area contributed by atoms with Gasteiger partial charge in [-0.3, -0.25) is 4.99 Å². The highest BCUT2D eigenvalue weighted by Gasteiger charge is 2.16. The van der Waals surface area contributed by atoms with Crippen molar-refractivity contribution < 1.29 is 8.42 Å². The van der Waals surface area contributed by atoms with Gasteiger partial charge in [-0.05, 0) is 43.9 Å². The summed E-state index contributed by atoms with van der Waals surface area (Å²) in [5, 5.41) is 6.39. The van der Waals surface area contributed by atoms with Crippen molar-refractivity contribution in [2.45, 2.75) is 45.6 Å². The van der Waals surface area contributed by atoms with Crippen LogP contribution in [-0.2, 0) is 10.0 Å². The second kappa shape index (κ2) is 11.0. The predicted octanol–water partition coefficient (Wildman–Crippen LogP) is 2.41. The maximum Gasteiger partial charge on any atom is 0.240 e. The molecule has 3 N–H and O–H groups in total. The Kier molecular flexibility index (Phi) is 10.6. The zero-order valence-corrected chi connectivity index (χ0v) is 19.0. The molecule has 0 aromatic heterocycles. The molecular formula is C17H31IN4O2S. The van der Waals surface area contributed by atoms with Crippen LogP contribution < -0.4 is 15.4 Å². The third-order valence-electron chi connectivity index (χ3n) is 3.93. The maximum absolute atomic E-state index is 12.4. The number of aryl methyl sites for hydroxylation is 2. The van der Waals surface area contributed by atoms with Gasteiger partial charge < -0.3 is 10.6 Å². The van der Waals surface area contributed by atoms with Crippen molar-refractivity contribution >= 4 is 40.0 Å². The average Bonchev–Trinajstić information content (AvgIpc) is 2.52. The molecule has 0 radical (unpaired) electrons. The average molecular weight is 482 g/mol. The molecule has 25 heavy (non-hydrogen) atoms. The van der Waals surface area contributed by atoms with Gasteiger partial charge in [0.2, 0.25) is 10.0 Å². The van der Waals surface area contributed by atoms with E-state index in [-0.39, 0.29) is 36.6 Å². The van der Waals surface area contributed by atoms with Crippen LogP contribution in [0.2, 0.25) is 0 Å². The summed E-state index contributed by atoms with van der Waals surface area (Å²) in [6.45, 7) is 10.8. The molecule has 1 atom stereocenters. The van der Waals surface area contributed by atoms with E-state index in [0.717, 1.165) is 11.1 Å². The summed E-state index contributed by atoms with van der Waals surface area (Å²) in [4.78, 5) is 4.48. The second-order valence-corrected chi connectivity index (χ2v) is 8.08. The number of halogens is 1. The molecule has 0 fully saturated rings. The molecule has 0 heterocycles. The molecule has 0 aliphatic carbocycles. The Hall–Kier alpha value is -0.870. The number of hydrogen-bond acceptors (Lipinski definition) is 3. The Bertz CT molecular complexity index is 675. The van der Waals surface area contributed by atoms with Gasteiger partial charge >= 0.3 is 0 Å². The maximum atomic E-state index is 12.4. The van der Waals surface area contributed by atoms with Crippen LogP contribution in [0, 0.1) is 19.8 Å². The van der Waals surface area contributed by atoms with Gasteiger partial charge in [-0.25, -0.2) is 13.1 Å². The highest BCUT2D eigenvalue weighted by Crippen LogP contribution is 2.16. The first kappa shape index (κ1) is 24.1. The number of nitrogens with one attached hydrogen (secondary N) is 3. The number of aliphatic imine (C=N–C) groups is 1. The van der Waals surface area contributed by atoms with Crippen molar-refractivity contribution in [1.82, 2.24) is 15.4 Å². The molecule has 1 rings (SSSR count). The smallest absolute Gasteiger partial charge is 0.240 e. The fraction of sp³-hybridized carbons (Fsp3) is 0.588. The lowest BCUT2D eigenvalue weighted by Gasteiger charge is -2.20. The molecule has 1 aromatic carbocycles. The molecule has 0 spiro atoms. The number of guanidine groups is 1. The summed E-state index contributed by atoms with van der Waals surface area (Å²) in [7, 11) is -1.81. The molecule has 144 valence electrons. The molecule has 0 aliphatic heterocycles. The second-order valence-electron chi connectivity index (χ2n) is 6.34. The number of hydrogen-bond donors (Lipinski definition) is 3. The van der Waals surface area contributed by atoms with Gasteiger partial charge in [-0.15, -0.1) is 24.0 Å². The molecule has 1 aromatic rings. The van der Waals surface area contributed by atoms with Gasteiger partial charge in [-0.2, -0.15) is 0 Å². The van der Waals surface area contributed by atoms with Crippen molar-refractivity contribution in [3.05, 3.63) is 29.3 Å². The standard InChI is InChI=1S/C17H30N4O2S.HI/c1-12(2)15(5)21-17(18-6)19-9-10-20-24(22,23)16-11-13(3)7-8-14(16)4;/h7-8,11-12,15,20H,9-10H2,1-6H3,(H2,18,19,21);1H. The minimum atomic E-state index is -3.50. The summed E-state index contributed by atoms with van der Waals surface area (Å²) in [5.74, 6) is 1.15. The summed E-state index contributed by atoms with van der Waals surface area (Å²) < 4.78 is 27.4. The quantitative estimate of drug-likeness (QED) is 0.241. The highest BCUT2D eigenvalue weighted by molar-refractivity contribution is 14.0. The van der Waals surface area contributed by atoms with Gasteiger partial charge in [0.1, 0.15) is 0 Å². The number of nitrogens with zero attached hydrogens (tertiary/aromatic N) is 1. The van der Waals surface area contributed by atoms with E-state index < -0.39 is 10.0 Å². The highest BCUT2D eigenvalue weighted by atomic mass is 127. The van der Waals surface area contributed by atoms with Crippen LogP contribution in [0.25, 0.3) is 0 Å². The normalized spacial score (nSPS) is 13.3. The van der Waals surface area contributed by atoms with E-state index >= 15 is 0 Å². The predicted molar refractivity (Wildman–Crippen MR) is 115 cm³/mol. The first-order valence-corrected chi connectivity index (χ1v) is 9.69. The SMILES string of the molecule is CN=C(NCCNS(=O)(=O)c1cc(C)ccc1C)NC(C)C(C)C.I. The first-order valence-electron chi connectivity index (χ1n) is 8.21. The van der Waals surface area contributed by atoms with Crippen molar-refractivity contribution in [3.63, 3.8) is 0 Å². The van der Waals surface area contributed by atoms with Gasteiger partial charge in [0.15, 0.2) is 5.96 Å². The lowest BCUT2D eigenvalue weighted by Crippen LogP contribution is -2.46. The number of benzene rings is 1. The summed E-state index contributed by atoms with van der Waals surface area (Å²) in [6, 6.07) is 5.70. The van der Waals surface area contributed by atoms with Crippen LogP contribution in [0.15, 0.2) is 28.1 Å². The van der Waals surface area contributed by atoms with Crippen LogP contribution in [-0.4, -0.2) is 40.6 Å². The Morgan fingerprint density at radius 2 is 1.80 bits per heavy atom. The minimum Gasteiger partial charge on any atom is -0.355 e. The number of rotatable bonds is 7. The van der Waals surface area contributed by atoms with Crippen LogP contribution in [0.3, 0.4) is 0 Å². The Morgan fingerprint density at radius 3 is 2.36 bits per heavy atom. The van der Waals surface area contributed by atoms with Gasteiger partial charge in [-0.1, -0.05) is 26.0 Å². The fourth-order valence-corrected chi connectivity index (χ4v) is 3.38. The van der Waals surface area contributed by atoms with Crippen LogP contribution in [0.4, 0.5) is 0 Å². The largest absolute Gasteiger partial charge is 0.355 e. The molecule has 6 nitrogen and oxygen atoms in total. The van der Waals surface area contributed by atoms with Gasteiger partial charge in [0.05, 0.1) is 4.90 Å². The van der Waals surface area contributed by atoms with E-state index in [2.05, 4.69) is 41.1 Å². The topological polar surface area (TPSA) is 82.6 Å². The molecule has 1 unspecified atom stereocenters. The lowest BCUT2D eigenvalue weighted by molar-refractivity contribution is 0.481. The van der Waals surface area contributed by atoms with Gasteiger partial charge in [0.25, 0.3) is 0 Å².